The summed E-state index contributed by atoms with van der Waals surface area (Å²) >= 11 is 1.74. The normalized spacial score (nSPS) is 12.7. The molecule has 3 rings (SSSR count). The third-order valence-electron chi connectivity index (χ3n) is 3.13. The number of nitrogens with two attached hydrogens (primary N) is 1. The summed E-state index contributed by atoms with van der Waals surface area (Å²) in [4.78, 5) is 7.15. The minimum atomic E-state index is -0.0525. The Morgan fingerprint density at radius 3 is 2.68 bits per heavy atom. The highest BCUT2D eigenvalue weighted by Gasteiger charge is 2.15. The van der Waals surface area contributed by atoms with Crippen molar-refractivity contribution in [1.29, 1.82) is 0 Å². The fourth-order valence-electron chi connectivity index (χ4n) is 2.16. The second-order valence-corrected chi connectivity index (χ2v) is 5.80. The summed E-state index contributed by atoms with van der Waals surface area (Å²) < 4.78 is 0. The number of benzene rings is 1. The van der Waals surface area contributed by atoms with Crippen molar-refractivity contribution in [2.24, 2.45) is 5.84 Å². The summed E-state index contributed by atoms with van der Waals surface area (Å²) in [6.07, 6.45) is 0. The van der Waals surface area contributed by atoms with Crippen molar-refractivity contribution >= 4 is 22.2 Å². The smallest absolute Gasteiger partial charge is 0.0973 e. The predicted octanol–water partition coefficient (Wildman–Crippen LogP) is 3.16. The molecule has 0 fully saturated rings. The van der Waals surface area contributed by atoms with Crippen molar-refractivity contribution in [3.05, 3.63) is 64.0 Å². The minimum absolute atomic E-state index is 0.0525. The fraction of sp³-hybridized carbons (Fsp3) is 0.133. The highest BCUT2D eigenvalue weighted by atomic mass is 32.1. The molecule has 3 aromatic rings. The van der Waals surface area contributed by atoms with E-state index in [1.807, 2.05) is 24.3 Å². The van der Waals surface area contributed by atoms with E-state index in [2.05, 4.69) is 36.6 Å². The SMILES string of the molecule is Cc1ccc(C(NN)c2ccc3ccccc3n2)s1. The van der Waals surface area contributed by atoms with Gasteiger partial charge in [-0.1, -0.05) is 24.3 Å². The maximum Gasteiger partial charge on any atom is 0.0973 e. The van der Waals surface area contributed by atoms with Crippen molar-refractivity contribution in [1.82, 2.24) is 10.4 Å². The molecule has 0 bridgehead atoms. The fourth-order valence-corrected chi connectivity index (χ4v) is 3.11. The molecule has 1 aromatic carbocycles. The van der Waals surface area contributed by atoms with Crippen LogP contribution in [0.4, 0.5) is 0 Å². The first-order valence-corrected chi connectivity index (χ1v) is 6.98. The maximum absolute atomic E-state index is 5.71. The number of pyridine rings is 1. The lowest BCUT2D eigenvalue weighted by Crippen LogP contribution is -2.28. The molecule has 0 radical (unpaired) electrons. The molecule has 96 valence electrons. The molecular formula is C15H15N3S. The van der Waals surface area contributed by atoms with Gasteiger partial charge in [-0.3, -0.25) is 10.8 Å². The lowest BCUT2D eigenvalue weighted by molar-refractivity contribution is 0.632. The standard InChI is InChI=1S/C15H15N3S/c1-10-6-9-14(19-10)15(18-16)13-8-7-11-4-2-3-5-12(11)17-13/h2-9,15,18H,16H2,1H3. The summed E-state index contributed by atoms with van der Waals surface area (Å²) in [6.45, 7) is 2.09. The van der Waals surface area contributed by atoms with Crippen LogP contribution < -0.4 is 11.3 Å². The van der Waals surface area contributed by atoms with E-state index in [1.165, 1.54) is 9.75 Å². The van der Waals surface area contributed by atoms with E-state index < -0.39 is 0 Å². The van der Waals surface area contributed by atoms with Gasteiger partial charge in [-0.25, -0.2) is 5.43 Å². The summed E-state index contributed by atoms with van der Waals surface area (Å²) in [6, 6.07) is 16.4. The van der Waals surface area contributed by atoms with Gasteiger partial charge in [0.2, 0.25) is 0 Å². The van der Waals surface area contributed by atoms with E-state index in [0.29, 0.717) is 0 Å². The summed E-state index contributed by atoms with van der Waals surface area (Å²) in [5.74, 6) is 5.71. The Bertz CT molecular complexity index is 705. The molecule has 0 spiro atoms. The van der Waals surface area contributed by atoms with Gasteiger partial charge in [0.25, 0.3) is 0 Å². The Morgan fingerprint density at radius 1 is 1.11 bits per heavy atom. The number of nitrogens with zero attached hydrogens (tertiary/aromatic N) is 1. The number of para-hydroxylation sites is 1. The van der Waals surface area contributed by atoms with E-state index in [-0.39, 0.29) is 6.04 Å². The minimum Gasteiger partial charge on any atom is -0.270 e. The first-order chi connectivity index (χ1) is 9.28. The third kappa shape index (κ3) is 2.38. The Kier molecular flexibility index (Phi) is 3.29. The molecule has 0 aliphatic carbocycles. The number of rotatable bonds is 3. The van der Waals surface area contributed by atoms with E-state index >= 15 is 0 Å². The first-order valence-electron chi connectivity index (χ1n) is 6.16. The molecule has 1 atom stereocenters. The number of hydrogen-bond acceptors (Lipinski definition) is 4. The molecule has 3 N–H and O–H groups in total. The van der Waals surface area contributed by atoms with E-state index in [4.69, 9.17) is 10.8 Å². The van der Waals surface area contributed by atoms with E-state index in [0.717, 1.165) is 16.6 Å². The molecule has 0 amide bonds. The third-order valence-corrected chi connectivity index (χ3v) is 4.19. The van der Waals surface area contributed by atoms with Gasteiger partial charge in [0.1, 0.15) is 0 Å². The summed E-state index contributed by atoms with van der Waals surface area (Å²) in [7, 11) is 0. The molecule has 0 aliphatic heterocycles. The highest BCUT2D eigenvalue weighted by molar-refractivity contribution is 7.12. The van der Waals surface area contributed by atoms with Crippen molar-refractivity contribution in [3.63, 3.8) is 0 Å². The zero-order chi connectivity index (χ0) is 13.2. The van der Waals surface area contributed by atoms with Crippen molar-refractivity contribution in [2.75, 3.05) is 0 Å². The van der Waals surface area contributed by atoms with Crippen LogP contribution in [0.5, 0.6) is 0 Å². The van der Waals surface area contributed by atoms with Gasteiger partial charge in [0, 0.05) is 15.1 Å². The van der Waals surface area contributed by atoms with Gasteiger partial charge in [-0.05, 0) is 31.2 Å². The quantitative estimate of drug-likeness (QED) is 0.567. The molecule has 3 nitrogen and oxygen atoms in total. The van der Waals surface area contributed by atoms with Crippen LogP contribution in [0.3, 0.4) is 0 Å². The molecular weight excluding hydrogens is 254 g/mol. The molecule has 0 saturated heterocycles. The van der Waals surface area contributed by atoms with Crippen LogP contribution in [-0.4, -0.2) is 4.98 Å². The maximum atomic E-state index is 5.71. The van der Waals surface area contributed by atoms with E-state index in [9.17, 15) is 0 Å². The molecule has 4 heteroatoms. The predicted molar refractivity (Wildman–Crippen MR) is 80.0 cm³/mol. The Labute approximate surface area is 116 Å². The van der Waals surface area contributed by atoms with Gasteiger partial charge < -0.3 is 0 Å². The lowest BCUT2D eigenvalue weighted by Gasteiger charge is -2.14. The average Bonchev–Trinajstić information content (AvgIpc) is 2.86. The van der Waals surface area contributed by atoms with Crippen molar-refractivity contribution in [2.45, 2.75) is 13.0 Å². The Hall–Kier alpha value is -1.75. The van der Waals surface area contributed by atoms with Crippen LogP contribution >= 0.6 is 11.3 Å². The number of hydrazine groups is 1. The lowest BCUT2D eigenvalue weighted by atomic mass is 10.1. The largest absolute Gasteiger partial charge is 0.270 e. The van der Waals surface area contributed by atoms with Gasteiger partial charge in [0.05, 0.1) is 17.3 Å². The molecule has 2 heterocycles. The Balaban J connectivity index is 2.06. The summed E-state index contributed by atoms with van der Waals surface area (Å²) in [5, 5.41) is 1.14. The van der Waals surface area contributed by atoms with Gasteiger partial charge in [-0.15, -0.1) is 11.3 Å². The topological polar surface area (TPSA) is 50.9 Å². The van der Waals surface area contributed by atoms with Crippen LogP contribution in [0.25, 0.3) is 10.9 Å². The zero-order valence-electron chi connectivity index (χ0n) is 10.6. The Morgan fingerprint density at radius 2 is 1.95 bits per heavy atom. The van der Waals surface area contributed by atoms with Gasteiger partial charge >= 0.3 is 0 Å². The van der Waals surface area contributed by atoms with Crippen LogP contribution in [0, 0.1) is 6.92 Å². The molecule has 1 unspecified atom stereocenters. The van der Waals surface area contributed by atoms with Crippen molar-refractivity contribution in [3.8, 4) is 0 Å². The number of fused-ring (bicyclic) bond motifs is 1. The zero-order valence-corrected chi connectivity index (χ0v) is 11.4. The second kappa shape index (κ2) is 5.09. The average molecular weight is 269 g/mol. The number of hydrogen-bond donors (Lipinski definition) is 2. The molecule has 0 saturated carbocycles. The van der Waals surface area contributed by atoms with Crippen molar-refractivity contribution < 1.29 is 0 Å². The van der Waals surface area contributed by atoms with Crippen LogP contribution in [0.15, 0.2) is 48.5 Å². The molecule has 2 aromatic heterocycles. The van der Waals surface area contributed by atoms with Gasteiger partial charge in [0.15, 0.2) is 0 Å². The van der Waals surface area contributed by atoms with Crippen LogP contribution in [0.2, 0.25) is 0 Å². The number of aryl methyl sites for hydroxylation is 1. The summed E-state index contributed by atoms with van der Waals surface area (Å²) in [5.41, 5.74) is 4.80. The van der Waals surface area contributed by atoms with E-state index in [1.54, 1.807) is 11.3 Å². The van der Waals surface area contributed by atoms with Crippen LogP contribution in [0.1, 0.15) is 21.5 Å². The second-order valence-electron chi connectivity index (χ2n) is 4.48. The van der Waals surface area contributed by atoms with Gasteiger partial charge in [-0.2, -0.15) is 0 Å². The molecule has 0 aliphatic rings. The molecule has 19 heavy (non-hydrogen) atoms. The first kappa shape index (κ1) is 12.3. The number of aromatic nitrogens is 1. The number of thiophene rings is 1. The monoisotopic (exact) mass is 269 g/mol. The highest BCUT2D eigenvalue weighted by Crippen LogP contribution is 2.27. The number of nitrogens with one attached hydrogen (secondary N) is 1. The van der Waals surface area contributed by atoms with Crippen LogP contribution in [-0.2, 0) is 0 Å².